The van der Waals surface area contributed by atoms with E-state index in [0.717, 1.165) is 16.9 Å². The van der Waals surface area contributed by atoms with Crippen molar-refractivity contribution in [1.29, 1.82) is 5.26 Å². The number of hydrogen-bond acceptors (Lipinski definition) is 9. The van der Waals surface area contributed by atoms with Gasteiger partial charge in [0.05, 0.1) is 12.5 Å². The SMILES string of the molecule is CC#CC(=O)N(C)[C@@H](C)C(=O)NCCNc1cc(Nc2cc(C3CCC3)[nH]n2)nc(Nc2ccc(CC#N)cc2)n1. The van der Waals surface area contributed by atoms with E-state index in [1.54, 1.807) is 27.0 Å². The van der Waals surface area contributed by atoms with Gasteiger partial charge in [-0.25, -0.2) is 0 Å². The van der Waals surface area contributed by atoms with Gasteiger partial charge in [0, 0.05) is 49.6 Å². The van der Waals surface area contributed by atoms with Crippen molar-refractivity contribution in [1.82, 2.24) is 30.4 Å². The van der Waals surface area contributed by atoms with Crippen LogP contribution in [0.3, 0.4) is 0 Å². The Morgan fingerprint density at radius 3 is 2.54 bits per heavy atom. The lowest BCUT2D eigenvalue weighted by atomic mass is 9.83. The van der Waals surface area contributed by atoms with E-state index >= 15 is 0 Å². The summed E-state index contributed by atoms with van der Waals surface area (Å²) in [4.78, 5) is 34.9. The number of aromatic amines is 1. The molecule has 0 saturated heterocycles. The molecule has 3 aromatic rings. The molecule has 2 aromatic heterocycles. The van der Waals surface area contributed by atoms with Crippen molar-refractivity contribution in [3.05, 3.63) is 47.7 Å². The third kappa shape index (κ3) is 7.96. The molecule has 1 aliphatic carbocycles. The minimum absolute atomic E-state index is 0.284. The van der Waals surface area contributed by atoms with Crippen LogP contribution >= 0.6 is 0 Å². The largest absolute Gasteiger partial charge is 0.368 e. The Bertz CT molecular complexity index is 1460. The lowest BCUT2D eigenvalue weighted by Crippen LogP contribution is -2.46. The van der Waals surface area contributed by atoms with Crippen molar-refractivity contribution in [3.8, 4) is 17.9 Å². The third-order valence-electron chi connectivity index (χ3n) is 6.86. The fourth-order valence-electron chi connectivity index (χ4n) is 4.12. The van der Waals surface area contributed by atoms with Crippen LogP contribution in [0.1, 0.15) is 50.3 Å². The number of nitrogens with zero attached hydrogens (tertiary/aromatic N) is 5. The van der Waals surface area contributed by atoms with Gasteiger partial charge in [-0.3, -0.25) is 14.7 Å². The molecule has 1 aliphatic rings. The summed E-state index contributed by atoms with van der Waals surface area (Å²) in [6.45, 7) is 3.92. The summed E-state index contributed by atoms with van der Waals surface area (Å²) in [6.07, 6.45) is 3.91. The standard InChI is InChI=1S/C29H34N10O2/c1-4-6-27(40)39(3)19(2)28(41)32-16-15-31-24-18-25(34-26-17-23(37-38-26)21-7-5-8-21)36-29(35-24)33-22-11-9-20(10-12-22)13-14-30/h9-12,17-19,21H,5,7-8,13,15-16H2,1-3H3,(H,32,41)(H4,31,33,34,35,36,37,38)/t19-/m0/s1. The van der Waals surface area contributed by atoms with Crippen molar-refractivity contribution in [2.45, 2.75) is 51.5 Å². The minimum Gasteiger partial charge on any atom is -0.368 e. The second-order valence-corrected chi connectivity index (χ2v) is 9.77. The quantitative estimate of drug-likeness (QED) is 0.167. The summed E-state index contributed by atoms with van der Waals surface area (Å²) >= 11 is 0. The van der Waals surface area contributed by atoms with Gasteiger partial charge in [0.25, 0.3) is 5.91 Å². The molecule has 0 spiro atoms. The fourth-order valence-corrected chi connectivity index (χ4v) is 4.12. The molecule has 212 valence electrons. The van der Waals surface area contributed by atoms with Gasteiger partial charge in [-0.1, -0.05) is 24.5 Å². The molecule has 1 fully saturated rings. The number of aromatic nitrogens is 4. The summed E-state index contributed by atoms with van der Waals surface area (Å²) in [5, 5.41) is 28.9. The highest BCUT2D eigenvalue weighted by Gasteiger charge is 2.22. The second-order valence-electron chi connectivity index (χ2n) is 9.77. The summed E-state index contributed by atoms with van der Waals surface area (Å²) in [5.41, 5.74) is 2.80. The maximum absolute atomic E-state index is 12.5. The molecular weight excluding hydrogens is 520 g/mol. The highest BCUT2D eigenvalue weighted by Crippen LogP contribution is 2.36. The maximum Gasteiger partial charge on any atom is 0.298 e. The Hall–Kier alpha value is -5.10. The molecule has 12 nitrogen and oxygen atoms in total. The molecule has 2 heterocycles. The fraction of sp³-hybridized carbons (Fsp3) is 0.379. The Morgan fingerprint density at radius 1 is 1.10 bits per heavy atom. The molecule has 0 bridgehead atoms. The molecule has 41 heavy (non-hydrogen) atoms. The lowest BCUT2D eigenvalue weighted by Gasteiger charge is -2.23. The van der Waals surface area contributed by atoms with E-state index < -0.39 is 11.9 Å². The topological polar surface area (TPSA) is 164 Å². The molecular formula is C29H34N10O2. The number of carbonyl (C=O) groups excluding carboxylic acids is 2. The second kappa shape index (κ2) is 13.8. The van der Waals surface area contributed by atoms with E-state index in [-0.39, 0.29) is 5.91 Å². The van der Waals surface area contributed by atoms with Gasteiger partial charge in [0.15, 0.2) is 5.82 Å². The number of nitrogens with one attached hydrogen (secondary N) is 5. The molecule has 4 rings (SSSR count). The van der Waals surface area contributed by atoms with Crippen LogP contribution in [0.25, 0.3) is 0 Å². The van der Waals surface area contributed by atoms with Crippen LogP contribution in [0.5, 0.6) is 0 Å². The molecule has 12 heteroatoms. The molecule has 1 aromatic carbocycles. The molecule has 1 atom stereocenters. The van der Waals surface area contributed by atoms with Crippen molar-refractivity contribution < 1.29 is 9.59 Å². The van der Waals surface area contributed by atoms with E-state index in [1.807, 2.05) is 30.3 Å². The van der Waals surface area contributed by atoms with Crippen LogP contribution in [-0.4, -0.2) is 63.1 Å². The normalized spacial score (nSPS) is 13.0. The van der Waals surface area contributed by atoms with Gasteiger partial charge in [0.2, 0.25) is 11.9 Å². The Kier molecular flexibility index (Phi) is 9.73. The number of nitriles is 1. The van der Waals surface area contributed by atoms with Crippen molar-refractivity contribution in [3.63, 3.8) is 0 Å². The number of carbonyl (C=O) groups is 2. The molecule has 2 amide bonds. The van der Waals surface area contributed by atoms with Crippen LogP contribution in [0.15, 0.2) is 36.4 Å². The Labute approximate surface area is 239 Å². The first-order valence-corrected chi connectivity index (χ1v) is 13.5. The summed E-state index contributed by atoms with van der Waals surface area (Å²) in [6, 6.07) is 12.7. The van der Waals surface area contributed by atoms with Crippen LogP contribution in [0.4, 0.5) is 29.1 Å². The van der Waals surface area contributed by atoms with Crippen LogP contribution < -0.4 is 21.3 Å². The van der Waals surface area contributed by atoms with Gasteiger partial charge < -0.3 is 26.2 Å². The van der Waals surface area contributed by atoms with Gasteiger partial charge in [0.1, 0.15) is 17.7 Å². The Balaban J connectivity index is 1.42. The monoisotopic (exact) mass is 554 g/mol. The number of H-pyrrole nitrogens is 1. The zero-order valence-electron chi connectivity index (χ0n) is 23.4. The number of rotatable bonds is 12. The van der Waals surface area contributed by atoms with E-state index in [2.05, 4.69) is 59.3 Å². The smallest absolute Gasteiger partial charge is 0.298 e. The predicted molar refractivity (Wildman–Crippen MR) is 157 cm³/mol. The zero-order chi connectivity index (χ0) is 29.2. The first-order valence-electron chi connectivity index (χ1n) is 13.5. The van der Waals surface area contributed by atoms with E-state index in [4.69, 9.17) is 5.26 Å². The molecule has 1 saturated carbocycles. The number of benzene rings is 1. The van der Waals surface area contributed by atoms with E-state index in [0.29, 0.717) is 48.8 Å². The number of amides is 2. The minimum atomic E-state index is -0.660. The lowest BCUT2D eigenvalue weighted by molar-refractivity contribution is -0.134. The summed E-state index contributed by atoms with van der Waals surface area (Å²) < 4.78 is 0. The number of anilines is 5. The van der Waals surface area contributed by atoms with Crippen LogP contribution in [0, 0.1) is 23.2 Å². The predicted octanol–water partition coefficient (Wildman–Crippen LogP) is 3.42. The summed E-state index contributed by atoms with van der Waals surface area (Å²) in [5.74, 6) is 6.90. The highest BCUT2D eigenvalue weighted by molar-refractivity contribution is 5.96. The molecule has 0 aliphatic heterocycles. The van der Waals surface area contributed by atoms with E-state index in [1.165, 1.54) is 24.2 Å². The highest BCUT2D eigenvalue weighted by atomic mass is 16.2. The van der Waals surface area contributed by atoms with Gasteiger partial charge in [-0.15, -0.1) is 0 Å². The third-order valence-corrected chi connectivity index (χ3v) is 6.86. The van der Waals surface area contributed by atoms with Crippen LogP contribution in [0.2, 0.25) is 0 Å². The summed E-state index contributed by atoms with van der Waals surface area (Å²) in [7, 11) is 1.55. The van der Waals surface area contributed by atoms with Gasteiger partial charge >= 0.3 is 0 Å². The molecule has 0 radical (unpaired) electrons. The molecule has 5 N–H and O–H groups in total. The maximum atomic E-state index is 12.5. The van der Waals surface area contributed by atoms with Crippen molar-refractivity contribution in [2.75, 3.05) is 36.1 Å². The number of hydrogen-bond donors (Lipinski definition) is 5. The Morgan fingerprint density at radius 2 is 1.85 bits per heavy atom. The van der Waals surface area contributed by atoms with Crippen LogP contribution in [-0.2, 0) is 16.0 Å². The first kappa shape index (κ1) is 28.9. The van der Waals surface area contributed by atoms with Gasteiger partial charge in [-0.2, -0.15) is 20.3 Å². The first-order chi connectivity index (χ1) is 19.9. The van der Waals surface area contributed by atoms with Crippen molar-refractivity contribution >= 4 is 40.9 Å². The number of likely N-dealkylation sites (N-methyl/N-ethyl adjacent to an activating group) is 1. The van der Waals surface area contributed by atoms with E-state index in [9.17, 15) is 9.59 Å². The zero-order valence-corrected chi connectivity index (χ0v) is 23.4. The van der Waals surface area contributed by atoms with Gasteiger partial charge in [-0.05, 0) is 50.3 Å². The average molecular weight is 555 g/mol. The average Bonchev–Trinajstić information content (AvgIpc) is 3.37. The molecule has 0 unspecified atom stereocenters. The van der Waals surface area contributed by atoms with Crippen molar-refractivity contribution in [2.24, 2.45) is 0 Å².